The smallest absolute Gasteiger partial charge is 0.420 e. The lowest BCUT2D eigenvalue weighted by molar-refractivity contribution is -0.138. The van der Waals surface area contributed by atoms with E-state index in [-0.39, 0.29) is 30.5 Å². The van der Waals surface area contributed by atoms with Gasteiger partial charge in [0.1, 0.15) is 23.3 Å². The minimum Gasteiger partial charge on any atom is -0.468 e. The van der Waals surface area contributed by atoms with Crippen LogP contribution in [0, 0.1) is 6.92 Å². The van der Waals surface area contributed by atoms with E-state index in [1.807, 2.05) is 6.92 Å². The van der Waals surface area contributed by atoms with Gasteiger partial charge in [0.15, 0.2) is 0 Å². The minimum absolute atomic E-state index is 0.0833. The van der Waals surface area contributed by atoms with Gasteiger partial charge >= 0.3 is 6.18 Å². The van der Waals surface area contributed by atoms with Crippen molar-refractivity contribution in [3.63, 3.8) is 0 Å². The van der Waals surface area contributed by atoms with E-state index >= 15 is 0 Å². The van der Waals surface area contributed by atoms with E-state index in [0.717, 1.165) is 0 Å². The second-order valence-corrected chi connectivity index (χ2v) is 7.16. The Morgan fingerprint density at radius 2 is 2.11 bits per heavy atom. The molecule has 0 radical (unpaired) electrons. The van der Waals surface area contributed by atoms with Crippen molar-refractivity contribution in [2.75, 3.05) is 13.1 Å². The molecular weight excluding hydrogens is 377 g/mol. The molecule has 1 saturated heterocycles. The van der Waals surface area contributed by atoms with Crippen LogP contribution >= 0.6 is 0 Å². The molecule has 1 unspecified atom stereocenters. The predicted molar refractivity (Wildman–Crippen MR) is 92.7 cm³/mol. The van der Waals surface area contributed by atoms with Crippen molar-refractivity contribution in [1.29, 1.82) is 0 Å². The Balaban J connectivity index is 1.73. The van der Waals surface area contributed by atoms with Gasteiger partial charge in [0.05, 0.1) is 17.4 Å². The van der Waals surface area contributed by atoms with Gasteiger partial charge < -0.3 is 19.2 Å². The fourth-order valence-corrected chi connectivity index (χ4v) is 3.31. The van der Waals surface area contributed by atoms with E-state index in [1.54, 1.807) is 24.0 Å². The van der Waals surface area contributed by atoms with Crippen molar-refractivity contribution in [1.82, 2.24) is 19.8 Å². The Hall–Kier alpha value is -2.78. The Labute approximate surface area is 159 Å². The molecule has 0 saturated carbocycles. The number of alkyl halides is 3. The molecule has 3 heterocycles. The summed E-state index contributed by atoms with van der Waals surface area (Å²) in [5, 5.41) is 2.84. The quantitative estimate of drug-likeness (QED) is 0.859. The van der Waals surface area contributed by atoms with Gasteiger partial charge in [-0.1, -0.05) is 0 Å². The first-order chi connectivity index (χ1) is 13.0. The number of amides is 2. The summed E-state index contributed by atoms with van der Waals surface area (Å²) in [5.41, 5.74) is -2.08. The van der Waals surface area contributed by atoms with Gasteiger partial charge in [-0.15, -0.1) is 0 Å². The van der Waals surface area contributed by atoms with Crippen LogP contribution in [0.5, 0.6) is 0 Å². The van der Waals surface area contributed by atoms with E-state index in [1.165, 1.54) is 11.8 Å². The van der Waals surface area contributed by atoms with Gasteiger partial charge in [-0.3, -0.25) is 9.59 Å². The van der Waals surface area contributed by atoms with Crippen LogP contribution in [0.3, 0.4) is 0 Å². The summed E-state index contributed by atoms with van der Waals surface area (Å²) in [6.45, 7) is 5.98. The number of imidazole rings is 1. The zero-order valence-corrected chi connectivity index (χ0v) is 15.8. The Morgan fingerprint density at radius 3 is 2.71 bits per heavy atom. The molecular formula is C18H21F3N4O3. The highest BCUT2D eigenvalue weighted by Gasteiger charge is 2.43. The van der Waals surface area contributed by atoms with Crippen molar-refractivity contribution in [2.24, 2.45) is 0 Å². The first kappa shape index (κ1) is 20.0. The fraction of sp³-hybridized carbons (Fsp3) is 0.500. The topological polar surface area (TPSA) is 80.4 Å². The zero-order chi connectivity index (χ0) is 20.7. The molecule has 152 valence electrons. The maximum atomic E-state index is 13.2. The Kier molecular flexibility index (Phi) is 4.99. The van der Waals surface area contributed by atoms with E-state index < -0.39 is 28.7 Å². The normalized spacial score (nSPS) is 19.9. The molecule has 1 fully saturated rings. The summed E-state index contributed by atoms with van der Waals surface area (Å²) >= 11 is 0. The van der Waals surface area contributed by atoms with Gasteiger partial charge in [0.2, 0.25) is 0 Å². The number of rotatable bonds is 4. The highest BCUT2D eigenvalue weighted by Crippen LogP contribution is 2.36. The molecule has 10 heteroatoms. The van der Waals surface area contributed by atoms with Crippen LogP contribution in [0.25, 0.3) is 0 Å². The van der Waals surface area contributed by atoms with E-state index in [0.29, 0.717) is 19.2 Å². The van der Waals surface area contributed by atoms with Crippen molar-refractivity contribution in [3.8, 4) is 0 Å². The number of hydrogen-bond acceptors (Lipinski definition) is 4. The summed E-state index contributed by atoms with van der Waals surface area (Å²) in [6.07, 6.45) is -0.554. The Bertz CT molecular complexity index is 902. The summed E-state index contributed by atoms with van der Waals surface area (Å²) in [7, 11) is 0. The lowest BCUT2D eigenvalue weighted by Crippen LogP contribution is -2.48. The van der Waals surface area contributed by atoms with Gasteiger partial charge in [-0.25, -0.2) is 4.98 Å². The van der Waals surface area contributed by atoms with E-state index in [9.17, 15) is 22.8 Å². The standard InChI is InChI=1S/C18H21F3N4O3/c1-4-24-7-13(22-10-24)15(26)23-17(3)5-6-25(9-17)16(27)14-11(2)28-8-12(14)18(19,20)21/h7-8,10H,4-6,9H2,1-3H3,(H,23,26). The van der Waals surface area contributed by atoms with Crippen LogP contribution in [0.4, 0.5) is 13.2 Å². The molecule has 3 rings (SSSR count). The number of aromatic nitrogens is 2. The third-order valence-corrected chi connectivity index (χ3v) is 4.90. The zero-order valence-electron chi connectivity index (χ0n) is 15.8. The van der Waals surface area contributed by atoms with E-state index in [2.05, 4.69) is 10.3 Å². The third kappa shape index (κ3) is 3.76. The van der Waals surface area contributed by atoms with Crippen LogP contribution in [0.15, 0.2) is 23.2 Å². The number of halogens is 3. The van der Waals surface area contributed by atoms with E-state index in [4.69, 9.17) is 4.42 Å². The van der Waals surface area contributed by atoms with Gasteiger partial charge in [-0.2, -0.15) is 13.2 Å². The molecule has 2 aromatic heterocycles. The molecule has 0 aromatic carbocycles. The minimum atomic E-state index is -4.68. The van der Waals surface area contributed by atoms with Gasteiger partial charge in [-0.05, 0) is 27.2 Å². The highest BCUT2D eigenvalue weighted by atomic mass is 19.4. The molecule has 0 aliphatic carbocycles. The number of nitrogens with zero attached hydrogens (tertiary/aromatic N) is 3. The van der Waals surface area contributed by atoms with Crippen LogP contribution in [-0.4, -0.2) is 44.9 Å². The maximum absolute atomic E-state index is 13.2. The fourth-order valence-electron chi connectivity index (χ4n) is 3.31. The highest BCUT2D eigenvalue weighted by molar-refractivity contribution is 5.97. The summed E-state index contributed by atoms with van der Waals surface area (Å²) in [5.74, 6) is -1.23. The average Bonchev–Trinajstić information content (AvgIpc) is 3.31. The summed E-state index contributed by atoms with van der Waals surface area (Å²) < 4.78 is 46.1. The van der Waals surface area contributed by atoms with Crippen molar-refractivity contribution >= 4 is 11.8 Å². The number of carbonyl (C=O) groups is 2. The lowest BCUT2D eigenvalue weighted by atomic mass is 10.0. The number of carbonyl (C=O) groups excluding carboxylic acids is 2. The number of aryl methyl sites for hydroxylation is 2. The first-order valence-corrected chi connectivity index (χ1v) is 8.83. The second-order valence-electron chi connectivity index (χ2n) is 7.16. The van der Waals surface area contributed by atoms with Crippen LogP contribution in [0.1, 0.15) is 52.4 Å². The second kappa shape index (κ2) is 6.99. The lowest BCUT2D eigenvalue weighted by Gasteiger charge is -2.26. The van der Waals surface area contributed by atoms with Crippen LogP contribution in [-0.2, 0) is 12.7 Å². The Morgan fingerprint density at radius 1 is 1.39 bits per heavy atom. The predicted octanol–water partition coefficient (Wildman–Crippen LogP) is 2.86. The molecule has 2 aromatic rings. The molecule has 0 bridgehead atoms. The van der Waals surface area contributed by atoms with Gasteiger partial charge in [0.25, 0.3) is 11.8 Å². The van der Waals surface area contributed by atoms with Crippen molar-refractivity contribution in [3.05, 3.63) is 41.4 Å². The number of nitrogens with one attached hydrogen (secondary N) is 1. The molecule has 28 heavy (non-hydrogen) atoms. The summed E-state index contributed by atoms with van der Waals surface area (Å²) in [4.78, 5) is 30.5. The molecule has 1 atom stereocenters. The van der Waals surface area contributed by atoms with Gasteiger partial charge in [0, 0.05) is 25.8 Å². The molecule has 1 aliphatic heterocycles. The van der Waals surface area contributed by atoms with Crippen LogP contribution in [0.2, 0.25) is 0 Å². The number of furan rings is 1. The molecule has 1 aliphatic rings. The number of hydrogen-bond donors (Lipinski definition) is 1. The average molecular weight is 398 g/mol. The van der Waals surface area contributed by atoms with Crippen molar-refractivity contribution < 1.29 is 27.2 Å². The molecule has 7 nitrogen and oxygen atoms in total. The largest absolute Gasteiger partial charge is 0.468 e. The van der Waals surface area contributed by atoms with Crippen LogP contribution < -0.4 is 5.32 Å². The van der Waals surface area contributed by atoms with Crippen molar-refractivity contribution in [2.45, 2.75) is 45.5 Å². The SMILES string of the molecule is CCn1cnc(C(=O)NC2(C)CCN(C(=O)c3c(C(F)(F)F)coc3C)C2)c1. The molecule has 1 N–H and O–H groups in total. The number of likely N-dealkylation sites (tertiary alicyclic amines) is 1. The monoisotopic (exact) mass is 398 g/mol. The third-order valence-electron chi connectivity index (χ3n) is 4.90. The first-order valence-electron chi connectivity index (χ1n) is 8.83. The molecule has 2 amide bonds. The maximum Gasteiger partial charge on any atom is 0.420 e. The summed E-state index contributed by atoms with van der Waals surface area (Å²) in [6, 6.07) is 0. The molecule has 0 spiro atoms.